The van der Waals surface area contributed by atoms with Crippen LogP contribution < -0.4 is 5.32 Å². The molecule has 15 nitrogen and oxygen atoms in total. The Hall–Kier alpha value is -4.18. The minimum absolute atomic E-state index is 0.0205. The summed E-state index contributed by atoms with van der Waals surface area (Å²) in [4.78, 5) is 80.7. The first-order valence-electron chi connectivity index (χ1n) is 18.1. The summed E-state index contributed by atoms with van der Waals surface area (Å²) in [6, 6.07) is 6.79. The fraction of sp³-hybridized carbons (Fsp3) is 0.641. The van der Waals surface area contributed by atoms with Crippen molar-refractivity contribution in [1.29, 1.82) is 0 Å². The number of amides is 1. The van der Waals surface area contributed by atoms with Crippen molar-refractivity contribution >= 4 is 35.6 Å². The van der Waals surface area contributed by atoms with Crippen LogP contribution in [0.25, 0.3) is 0 Å². The predicted octanol–water partition coefficient (Wildman–Crippen LogP) is 1.73. The zero-order valence-corrected chi connectivity index (χ0v) is 32.0. The van der Waals surface area contributed by atoms with E-state index in [4.69, 9.17) is 23.7 Å². The van der Waals surface area contributed by atoms with Gasteiger partial charge in [0.2, 0.25) is 5.91 Å². The number of fused-ring (bicyclic) bond motifs is 5. The molecule has 0 spiro atoms. The molecule has 1 aromatic carbocycles. The van der Waals surface area contributed by atoms with Gasteiger partial charge >= 0.3 is 23.9 Å². The van der Waals surface area contributed by atoms with Gasteiger partial charge in [0.15, 0.2) is 23.6 Å². The Morgan fingerprint density at radius 3 is 2.11 bits per heavy atom. The number of hydrogen-bond donors (Lipinski definition) is 4. The monoisotopic (exact) mass is 757 g/mol. The summed E-state index contributed by atoms with van der Waals surface area (Å²) >= 11 is 0. The molecule has 1 amide bonds. The van der Waals surface area contributed by atoms with Gasteiger partial charge in [0, 0.05) is 39.0 Å². The topological polar surface area (TPSA) is 221 Å². The number of ether oxygens (including phenoxy) is 5. The SMILES string of the molecule is CC(=O)N[C@@H](C(C)C)[C@@H](O)C(=O)OC1C[C@@]2(O)[C@@H](OC(=O)c3ccccc3)[C@@H]3[C@]4(OC(C)=O)CO[C@@H]4C[C@H](O)[C@@]3(C)C(=O)[C@H](OC(C)=O)C(=C1C)C2(C)C. The summed E-state index contributed by atoms with van der Waals surface area (Å²) in [5, 5.41) is 39.1. The number of rotatable bonds is 9. The van der Waals surface area contributed by atoms with Crippen molar-refractivity contribution < 1.29 is 67.8 Å². The largest absolute Gasteiger partial charge is 0.456 e. The van der Waals surface area contributed by atoms with Crippen LogP contribution in [0.2, 0.25) is 0 Å². The van der Waals surface area contributed by atoms with Gasteiger partial charge in [-0.1, -0.05) is 45.9 Å². The van der Waals surface area contributed by atoms with E-state index in [1.807, 2.05) is 0 Å². The number of carbonyl (C=O) groups is 6. The maximum atomic E-state index is 15.3. The molecule has 296 valence electrons. The van der Waals surface area contributed by atoms with E-state index in [1.54, 1.807) is 45.9 Å². The number of aliphatic hydroxyl groups excluding tert-OH is 2. The molecule has 15 heteroatoms. The maximum absolute atomic E-state index is 15.3. The van der Waals surface area contributed by atoms with Crippen LogP contribution >= 0.6 is 0 Å². The van der Waals surface area contributed by atoms with Gasteiger partial charge in [0.05, 0.1) is 35.6 Å². The molecule has 3 fully saturated rings. The summed E-state index contributed by atoms with van der Waals surface area (Å²) in [7, 11) is 0. The standard InChI is InChI=1S/C39H51NO14/c1-18(2)28(40-20(4)41)29(45)35(48)52-24-16-39(49)33(53-34(47)23-13-11-10-12-14-23)31-37(9,25(44)15-26-38(31,17-50-26)54-22(6)43)32(46)30(51-21(5)42)27(19(24)3)36(39,7)8/h10-14,18,24-26,28-31,33,44-45,49H,15-17H2,1-9H3,(H,40,41)/t24?,25-,26+,28-,29+,30+,31-,33-,37+,38-,39+/m0/s1. The smallest absolute Gasteiger partial charge is 0.338 e. The molecule has 1 aliphatic heterocycles. The highest BCUT2D eigenvalue weighted by molar-refractivity contribution is 5.95. The van der Waals surface area contributed by atoms with Crippen LogP contribution in [0.5, 0.6) is 0 Å². The van der Waals surface area contributed by atoms with E-state index in [0.717, 1.165) is 13.8 Å². The summed E-state index contributed by atoms with van der Waals surface area (Å²) in [6.07, 6.45) is -10.1. The Morgan fingerprint density at radius 2 is 1.59 bits per heavy atom. The van der Waals surface area contributed by atoms with Crippen molar-refractivity contribution in [3.8, 4) is 0 Å². The number of nitrogens with one attached hydrogen (secondary N) is 1. The number of benzene rings is 1. The third kappa shape index (κ3) is 6.52. The van der Waals surface area contributed by atoms with Crippen molar-refractivity contribution in [1.82, 2.24) is 5.32 Å². The van der Waals surface area contributed by atoms with E-state index in [2.05, 4.69) is 5.32 Å². The molecule has 1 saturated heterocycles. The molecule has 2 bridgehead atoms. The van der Waals surface area contributed by atoms with E-state index in [0.29, 0.717) is 0 Å². The molecule has 0 aromatic heterocycles. The molecule has 5 rings (SSSR count). The van der Waals surface area contributed by atoms with Gasteiger partial charge < -0.3 is 44.3 Å². The number of carbonyl (C=O) groups excluding carboxylic acids is 6. The number of ketones is 1. The van der Waals surface area contributed by atoms with Gasteiger partial charge in [0.25, 0.3) is 0 Å². The van der Waals surface area contributed by atoms with Gasteiger partial charge in [-0.3, -0.25) is 19.2 Å². The molecule has 0 radical (unpaired) electrons. The second kappa shape index (κ2) is 14.5. The van der Waals surface area contributed by atoms with Gasteiger partial charge in [-0.05, 0) is 43.0 Å². The lowest BCUT2D eigenvalue weighted by molar-refractivity contribution is -0.346. The van der Waals surface area contributed by atoms with Crippen molar-refractivity contribution in [2.24, 2.45) is 22.7 Å². The lowest BCUT2D eigenvalue weighted by Crippen LogP contribution is -2.82. The molecular formula is C39H51NO14. The molecule has 3 aliphatic carbocycles. The number of esters is 4. The highest BCUT2D eigenvalue weighted by Gasteiger charge is 2.78. The third-order valence-corrected chi connectivity index (χ3v) is 12.1. The van der Waals surface area contributed by atoms with Crippen LogP contribution in [-0.4, -0.2) is 111 Å². The van der Waals surface area contributed by atoms with E-state index in [-0.39, 0.29) is 29.7 Å². The van der Waals surface area contributed by atoms with E-state index in [1.165, 1.54) is 32.9 Å². The molecule has 4 aliphatic rings. The fourth-order valence-electron chi connectivity index (χ4n) is 9.22. The Kier molecular flexibility index (Phi) is 11.0. The van der Waals surface area contributed by atoms with Crippen LogP contribution in [0.1, 0.15) is 85.5 Å². The van der Waals surface area contributed by atoms with Gasteiger partial charge in [-0.25, -0.2) is 9.59 Å². The summed E-state index contributed by atoms with van der Waals surface area (Å²) in [5.74, 6) is -7.02. The normalized spacial score (nSPS) is 35.1. The molecule has 1 heterocycles. The molecule has 54 heavy (non-hydrogen) atoms. The molecular weight excluding hydrogens is 706 g/mol. The maximum Gasteiger partial charge on any atom is 0.338 e. The average Bonchev–Trinajstić information content (AvgIpc) is 3.08. The number of Topliss-reactive ketones (excluding diaryl/α,β-unsaturated/α-hetero) is 1. The van der Waals surface area contributed by atoms with Crippen LogP contribution in [0, 0.1) is 22.7 Å². The van der Waals surface area contributed by atoms with E-state index in [9.17, 15) is 39.3 Å². The summed E-state index contributed by atoms with van der Waals surface area (Å²) in [6.45, 7) is 12.6. The molecule has 11 atom stereocenters. The van der Waals surface area contributed by atoms with E-state index < -0.39 is 119 Å². The second-order valence-electron chi connectivity index (χ2n) is 16.1. The third-order valence-electron chi connectivity index (χ3n) is 12.1. The highest BCUT2D eigenvalue weighted by atomic mass is 16.6. The van der Waals surface area contributed by atoms with Crippen molar-refractivity contribution in [3.63, 3.8) is 0 Å². The molecule has 2 saturated carbocycles. The first-order valence-corrected chi connectivity index (χ1v) is 18.1. The zero-order valence-electron chi connectivity index (χ0n) is 32.0. The number of hydrogen-bond acceptors (Lipinski definition) is 14. The second-order valence-corrected chi connectivity index (χ2v) is 16.1. The molecule has 1 unspecified atom stereocenters. The Balaban J connectivity index is 1.79. The van der Waals surface area contributed by atoms with E-state index >= 15 is 4.79 Å². The highest BCUT2D eigenvalue weighted by Crippen LogP contribution is 2.64. The summed E-state index contributed by atoms with van der Waals surface area (Å²) in [5.41, 5.74) is -7.42. The lowest BCUT2D eigenvalue weighted by Gasteiger charge is -2.67. The Bertz CT molecular complexity index is 1740. The molecule has 4 N–H and O–H groups in total. The number of aliphatic hydroxyl groups is 3. The first kappa shape index (κ1) is 41.0. The van der Waals surface area contributed by atoms with Crippen molar-refractivity contribution in [2.75, 3.05) is 6.61 Å². The quantitative estimate of drug-likeness (QED) is 0.160. The van der Waals surface area contributed by atoms with Crippen molar-refractivity contribution in [2.45, 2.75) is 129 Å². The van der Waals surface area contributed by atoms with Crippen LogP contribution in [0.15, 0.2) is 41.5 Å². The lowest BCUT2D eigenvalue weighted by atomic mass is 9.44. The molecule has 1 aromatic rings. The van der Waals surface area contributed by atoms with Crippen LogP contribution in [-0.2, 0) is 47.7 Å². The zero-order chi connectivity index (χ0) is 40.3. The average molecular weight is 758 g/mol. The minimum Gasteiger partial charge on any atom is -0.456 e. The van der Waals surface area contributed by atoms with Crippen LogP contribution in [0.4, 0.5) is 0 Å². The summed E-state index contributed by atoms with van der Waals surface area (Å²) < 4.78 is 29.9. The van der Waals surface area contributed by atoms with Crippen LogP contribution in [0.3, 0.4) is 0 Å². The minimum atomic E-state index is -2.34. The first-order chi connectivity index (χ1) is 25.0. The van der Waals surface area contributed by atoms with Gasteiger partial charge in [-0.2, -0.15) is 0 Å². The predicted molar refractivity (Wildman–Crippen MR) is 187 cm³/mol. The Morgan fingerprint density at radius 1 is 0.963 bits per heavy atom. The van der Waals surface area contributed by atoms with Gasteiger partial charge in [-0.15, -0.1) is 0 Å². The fourth-order valence-corrected chi connectivity index (χ4v) is 9.22. The van der Waals surface area contributed by atoms with Crippen molar-refractivity contribution in [3.05, 3.63) is 47.0 Å². The Labute approximate surface area is 313 Å². The van der Waals surface area contributed by atoms with Gasteiger partial charge in [0.1, 0.15) is 23.9 Å².